The summed E-state index contributed by atoms with van der Waals surface area (Å²) in [5.74, 6) is 0.167. The zero-order valence-corrected chi connectivity index (χ0v) is 11.5. The first kappa shape index (κ1) is 13.3. The number of aryl methyl sites for hydroxylation is 1. The van der Waals surface area contributed by atoms with E-state index in [4.69, 9.17) is 0 Å². The van der Waals surface area contributed by atoms with E-state index in [1.807, 2.05) is 26.1 Å². The van der Waals surface area contributed by atoms with Gasteiger partial charge in [0.1, 0.15) is 11.5 Å². The second-order valence-electron chi connectivity index (χ2n) is 4.86. The van der Waals surface area contributed by atoms with Crippen LogP contribution in [-0.2, 0) is 0 Å². The standard InChI is InChI=1S/C16H19NO2/c1-11-6-4-5-7-16(11)17(3)12(2)13-8-14(18)10-15(19)9-13/h4-10,12,18-19H,1-3H3. The molecule has 0 bridgehead atoms. The van der Waals surface area contributed by atoms with Gasteiger partial charge in [0.15, 0.2) is 0 Å². The molecule has 19 heavy (non-hydrogen) atoms. The second-order valence-corrected chi connectivity index (χ2v) is 4.86. The van der Waals surface area contributed by atoms with Crippen molar-refractivity contribution in [2.24, 2.45) is 0 Å². The number of rotatable bonds is 3. The Morgan fingerprint density at radius 1 is 1.00 bits per heavy atom. The van der Waals surface area contributed by atoms with Crippen LogP contribution in [0.3, 0.4) is 0 Å². The molecule has 0 aliphatic carbocycles. The molecule has 1 unspecified atom stereocenters. The van der Waals surface area contributed by atoms with Crippen molar-refractivity contribution in [3.63, 3.8) is 0 Å². The molecule has 3 nitrogen and oxygen atoms in total. The Balaban J connectivity index is 2.33. The van der Waals surface area contributed by atoms with E-state index in [0.717, 1.165) is 11.3 Å². The first-order chi connectivity index (χ1) is 8.99. The lowest BCUT2D eigenvalue weighted by Crippen LogP contribution is -2.22. The van der Waals surface area contributed by atoms with Crippen LogP contribution in [-0.4, -0.2) is 17.3 Å². The van der Waals surface area contributed by atoms with Crippen LogP contribution in [0.1, 0.15) is 24.1 Å². The van der Waals surface area contributed by atoms with Crippen LogP contribution in [0.5, 0.6) is 11.5 Å². The highest BCUT2D eigenvalue weighted by Gasteiger charge is 2.15. The number of phenols is 2. The number of hydrogen-bond acceptors (Lipinski definition) is 3. The Morgan fingerprint density at radius 2 is 1.58 bits per heavy atom. The van der Waals surface area contributed by atoms with Crippen molar-refractivity contribution in [1.82, 2.24) is 0 Å². The molecule has 0 fully saturated rings. The van der Waals surface area contributed by atoms with Crippen molar-refractivity contribution in [2.75, 3.05) is 11.9 Å². The van der Waals surface area contributed by atoms with Gasteiger partial charge in [-0.1, -0.05) is 18.2 Å². The molecule has 100 valence electrons. The van der Waals surface area contributed by atoms with Crippen LogP contribution in [0, 0.1) is 6.92 Å². The number of aromatic hydroxyl groups is 2. The summed E-state index contributed by atoms with van der Waals surface area (Å²) in [4.78, 5) is 2.13. The van der Waals surface area contributed by atoms with E-state index in [0.29, 0.717) is 0 Å². The quantitative estimate of drug-likeness (QED) is 0.883. The van der Waals surface area contributed by atoms with Crippen molar-refractivity contribution in [3.8, 4) is 11.5 Å². The summed E-state index contributed by atoms with van der Waals surface area (Å²) in [7, 11) is 2.01. The largest absolute Gasteiger partial charge is 0.508 e. The van der Waals surface area contributed by atoms with Gasteiger partial charge >= 0.3 is 0 Å². The van der Waals surface area contributed by atoms with Crippen molar-refractivity contribution >= 4 is 5.69 Å². The van der Waals surface area contributed by atoms with E-state index >= 15 is 0 Å². The fourth-order valence-corrected chi connectivity index (χ4v) is 2.25. The van der Waals surface area contributed by atoms with Crippen LogP contribution in [0.15, 0.2) is 42.5 Å². The van der Waals surface area contributed by atoms with Gasteiger partial charge in [-0.05, 0) is 43.2 Å². The maximum absolute atomic E-state index is 9.57. The Morgan fingerprint density at radius 3 is 2.16 bits per heavy atom. The van der Waals surface area contributed by atoms with Gasteiger partial charge in [-0.25, -0.2) is 0 Å². The SMILES string of the molecule is Cc1ccccc1N(C)C(C)c1cc(O)cc(O)c1. The molecule has 0 saturated carbocycles. The zero-order chi connectivity index (χ0) is 14.0. The molecule has 0 radical (unpaired) electrons. The Hall–Kier alpha value is -2.16. The lowest BCUT2D eigenvalue weighted by atomic mass is 10.0. The maximum Gasteiger partial charge on any atom is 0.119 e. The fourth-order valence-electron chi connectivity index (χ4n) is 2.25. The topological polar surface area (TPSA) is 43.7 Å². The normalized spacial score (nSPS) is 12.2. The highest BCUT2D eigenvalue weighted by molar-refractivity contribution is 5.54. The van der Waals surface area contributed by atoms with Gasteiger partial charge in [0.25, 0.3) is 0 Å². The minimum absolute atomic E-state index is 0.0547. The summed E-state index contributed by atoms with van der Waals surface area (Å²) in [6, 6.07) is 12.9. The van der Waals surface area contributed by atoms with Gasteiger partial charge in [-0.15, -0.1) is 0 Å². The fraction of sp³-hybridized carbons (Fsp3) is 0.250. The van der Waals surface area contributed by atoms with Gasteiger partial charge < -0.3 is 15.1 Å². The van der Waals surface area contributed by atoms with E-state index in [-0.39, 0.29) is 17.5 Å². The number of anilines is 1. The Kier molecular flexibility index (Phi) is 3.65. The third-order valence-corrected chi connectivity index (χ3v) is 3.48. The molecule has 1 atom stereocenters. The molecule has 0 saturated heterocycles. The number of benzene rings is 2. The second kappa shape index (κ2) is 5.22. The molecule has 2 N–H and O–H groups in total. The minimum Gasteiger partial charge on any atom is -0.508 e. The van der Waals surface area contributed by atoms with Gasteiger partial charge in [0.05, 0.1) is 6.04 Å². The van der Waals surface area contributed by atoms with Crippen LogP contribution in [0.2, 0.25) is 0 Å². The van der Waals surface area contributed by atoms with Crippen LogP contribution < -0.4 is 4.90 Å². The van der Waals surface area contributed by atoms with E-state index in [1.54, 1.807) is 12.1 Å². The van der Waals surface area contributed by atoms with Gasteiger partial charge in [0, 0.05) is 18.8 Å². The molecule has 0 spiro atoms. The summed E-state index contributed by atoms with van der Waals surface area (Å²) < 4.78 is 0. The molecule has 2 aromatic rings. The van der Waals surface area contributed by atoms with E-state index in [1.165, 1.54) is 11.6 Å². The number of nitrogens with zero attached hydrogens (tertiary/aromatic N) is 1. The predicted molar refractivity (Wildman–Crippen MR) is 77.8 cm³/mol. The Labute approximate surface area is 113 Å². The highest BCUT2D eigenvalue weighted by Crippen LogP contribution is 2.31. The Bertz CT molecular complexity index is 560. The highest BCUT2D eigenvalue weighted by atomic mass is 16.3. The molecule has 0 aromatic heterocycles. The average Bonchev–Trinajstić information content (AvgIpc) is 2.36. The van der Waals surface area contributed by atoms with Crippen LogP contribution in [0.4, 0.5) is 5.69 Å². The van der Waals surface area contributed by atoms with E-state index in [9.17, 15) is 10.2 Å². The molecule has 0 aliphatic rings. The smallest absolute Gasteiger partial charge is 0.119 e. The first-order valence-electron chi connectivity index (χ1n) is 6.30. The van der Waals surface area contributed by atoms with Crippen LogP contribution >= 0.6 is 0 Å². The predicted octanol–water partition coefficient (Wildman–Crippen LogP) is 3.60. The molecule has 0 heterocycles. The average molecular weight is 257 g/mol. The first-order valence-corrected chi connectivity index (χ1v) is 6.30. The molecule has 2 rings (SSSR count). The van der Waals surface area contributed by atoms with Crippen molar-refractivity contribution in [1.29, 1.82) is 0 Å². The van der Waals surface area contributed by atoms with Crippen molar-refractivity contribution in [3.05, 3.63) is 53.6 Å². The lowest BCUT2D eigenvalue weighted by molar-refractivity contribution is 0.448. The molecular formula is C16H19NO2. The summed E-state index contributed by atoms with van der Waals surface area (Å²) >= 11 is 0. The van der Waals surface area contributed by atoms with E-state index in [2.05, 4.69) is 24.0 Å². The number of hydrogen-bond donors (Lipinski definition) is 2. The third-order valence-electron chi connectivity index (χ3n) is 3.48. The third kappa shape index (κ3) is 2.81. The lowest BCUT2D eigenvalue weighted by Gasteiger charge is -2.29. The summed E-state index contributed by atoms with van der Waals surface area (Å²) in [6.45, 7) is 4.11. The minimum atomic E-state index is 0.0547. The van der Waals surface area contributed by atoms with Crippen molar-refractivity contribution < 1.29 is 10.2 Å². The van der Waals surface area contributed by atoms with Crippen LogP contribution in [0.25, 0.3) is 0 Å². The van der Waals surface area contributed by atoms with Crippen molar-refractivity contribution in [2.45, 2.75) is 19.9 Å². The molecular weight excluding hydrogens is 238 g/mol. The molecule has 3 heteroatoms. The van der Waals surface area contributed by atoms with E-state index < -0.39 is 0 Å². The molecule has 2 aromatic carbocycles. The molecule has 0 amide bonds. The summed E-state index contributed by atoms with van der Waals surface area (Å²) in [5, 5.41) is 19.1. The van der Waals surface area contributed by atoms with Gasteiger partial charge in [-0.3, -0.25) is 0 Å². The maximum atomic E-state index is 9.57. The zero-order valence-electron chi connectivity index (χ0n) is 11.5. The number of para-hydroxylation sites is 1. The van der Waals surface area contributed by atoms with Gasteiger partial charge in [-0.2, -0.15) is 0 Å². The monoisotopic (exact) mass is 257 g/mol. The summed E-state index contributed by atoms with van der Waals surface area (Å²) in [6.07, 6.45) is 0. The van der Waals surface area contributed by atoms with Gasteiger partial charge in [0.2, 0.25) is 0 Å². The summed E-state index contributed by atoms with van der Waals surface area (Å²) in [5.41, 5.74) is 3.21. The number of phenolic OH excluding ortho intramolecular Hbond substituents is 2. The molecule has 0 aliphatic heterocycles.